The maximum absolute atomic E-state index is 5.96. The Balaban J connectivity index is 2.09. The molecule has 0 saturated carbocycles. The Morgan fingerprint density at radius 1 is 1.35 bits per heavy atom. The molecule has 0 spiro atoms. The number of thiazole rings is 1. The number of rotatable bonds is 5. The van der Waals surface area contributed by atoms with Crippen molar-refractivity contribution in [2.24, 2.45) is 5.73 Å². The molecule has 0 saturated heterocycles. The van der Waals surface area contributed by atoms with Gasteiger partial charge in [0.15, 0.2) is 0 Å². The smallest absolute Gasteiger partial charge is 0.0948 e. The first-order chi connectivity index (χ1) is 8.29. The van der Waals surface area contributed by atoms with E-state index in [0.29, 0.717) is 0 Å². The highest BCUT2D eigenvalue weighted by Crippen LogP contribution is 2.22. The SMILES string of the molecule is C=CCC(N)Cc1nc(-c2ccccc2)cs1. The van der Waals surface area contributed by atoms with Crippen molar-refractivity contribution in [1.82, 2.24) is 4.98 Å². The number of aromatic nitrogens is 1. The van der Waals surface area contributed by atoms with Gasteiger partial charge < -0.3 is 5.73 Å². The van der Waals surface area contributed by atoms with E-state index in [1.54, 1.807) is 11.3 Å². The number of benzene rings is 1. The average Bonchev–Trinajstić information content (AvgIpc) is 2.79. The second-order valence-corrected chi connectivity index (χ2v) is 4.92. The Bertz CT molecular complexity index is 476. The molecule has 1 aromatic carbocycles. The monoisotopic (exact) mass is 244 g/mol. The molecule has 3 heteroatoms. The topological polar surface area (TPSA) is 38.9 Å². The van der Waals surface area contributed by atoms with Gasteiger partial charge in [0, 0.05) is 23.4 Å². The van der Waals surface area contributed by atoms with Gasteiger partial charge >= 0.3 is 0 Å². The summed E-state index contributed by atoms with van der Waals surface area (Å²) in [6.45, 7) is 3.70. The summed E-state index contributed by atoms with van der Waals surface area (Å²) in [6.07, 6.45) is 3.51. The van der Waals surface area contributed by atoms with Gasteiger partial charge in [-0.25, -0.2) is 4.98 Å². The molecule has 0 bridgehead atoms. The number of nitrogens with zero attached hydrogens (tertiary/aromatic N) is 1. The fourth-order valence-electron chi connectivity index (χ4n) is 1.67. The van der Waals surface area contributed by atoms with Gasteiger partial charge in [0.2, 0.25) is 0 Å². The molecule has 2 rings (SSSR count). The summed E-state index contributed by atoms with van der Waals surface area (Å²) in [5.74, 6) is 0. The molecule has 0 radical (unpaired) electrons. The van der Waals surface area contributed by atoms with E-state index < -0.39 is 0 Å². The summed E-state index contributed by atoms with van der Waals surface area (Å²) < 4.78 is 0. The van der Waals surface area contributed by atoms with Crippen LogP contribution in [0.15, 0.2) is 48.4 Å². The lowest BCUT2D eigenvalue weighted by atomic mass is 10.1. The first kappa shape index (κ1) is 12.0. The van der Waals surface area contributed by atoms with Crippen molar-refractivity contribution in [1.29, 1.82) is 0 Å². The molecule has 0 amide bonds. The van der Waals surface area contributed by atoms with Crippen LogP contribution in [0.4, 0.5) is 0 Å². The largest absolute Gasteiger partial charge is 0.327 e. The standard InChI is InChI=1S/C14H16N2S/c1-2-6-12(15)9-14-16-13(10-17-14)11-7-4-3-5-8-11/h2-5,7-8,10,12H,1,6,9,15H2. The zero-order valence-corrected chi connectivity index (χ0v) is 10.5. The Labute approximate surface area is 106 Å². The minimum Gasteiger partial charge on any atom is -0.327 e. The Hall–Kier alpha value is -1.45. The van der Waals surface area contributed by atoms with Crippen LogP contribution in [0.25, 0.3) is 11.3 Å². The Kier molecular flexibility index (Phi) is 4.07. The minimum atomic E-state index is 0.127. The lowest BCUT2D eigenvalue weighted by Gasteiger charge is -2.05. The van der Waals surface area contributed by atoms with Crippen LogP contribution in [-0.2, 0) is 6.42 Å². The Morgan fingerprint density at radius 2 is 2.12 bits per heavy atom. The number of hydrogen-bond donors (Lipinski definition) is 1. The number of nitrogens with two attached hydrogens (primary N) is 1. The minimum absolute atomic E-state index is 0.127. The van der Waals surface area contributed by atoms with E-state index in [4.69, 9.17) is 5.73 Å². The van der Waals surface area contributed by atoms with Gasteiger partial charge in [-0.1, -0.05) is 36.4 Å². The lowest BCUT2D eigenvalue weighted by molar-refractivity contribution is 0.677. The van der Waals surface area contributed by atoms with Crippen LogP contribution in [0.3, 0.4) is 0 Å². The van der Waals surface area contributed by atoms with Crippen LogP contribution in [0.2, 0.25) is 0 Å². The molecular weight excluding hydrogens is 228 g/mol. The first-order valence-electron chi connectivity index (χ1n) is 5.66. The fourth-order valence-corrected chi connectivity index (χ4v) is 2.57. The highest BCUT2D eigenvalue weighted by Gasteiger charge is 2.07. The van der Waals surface area contributed by atoms with Crippen LogP contribution >= 0.6 is 11.3 Å². The quantitative estimate of drug-likeness (QED) is 0.820. The molecule has 2 aromatic rings. The third kappa shape index (κ3) is 3.25. The Morgan fingerprint density at radius 3 is 2.82 bits per heavy atom. The van der Waals surface area contributed by atoms with E-state index in [1.165, 1.54) is 0 Å². The third-order valence-electron chi connectivity index (χ3n) is 2.53. The molecular formula is C14H16N2S. The van der Waals surface area contributed by atoms with Crippen LogP contribution in [0.1, 0.15) is 11.4 Å². The normalized spacial score (nSPS) is 12.3. The van der Waals surface area contributed by atoms with Gasteiger partial charge in [0.25, 0.3) is 0 Å². The van der Waals surface area contributed by atoms with Crippen molar-refractivity contribution < 1.29 is 0 Å². The average molecular weight is 244 g/mol. The van der Waals surface area contributed by atoms with E-state index in [2.05, 4.69) is 29.1 Å². The van der Waals surface area contributed by atoms with Gasteiger partial charge in [-0.15, -0.1) is 17.9 Å². The molecule has 0 fully saturated rings. The van der Waals surface area contributed by atoms with Crippen molar-refractivity contribution in [2.75, 3.05) is 0 Å². The van der Waals surface area contributed by atoms with E-state index in [1.807, 2.05) is 24.3 Å². The summed E-state index contributed by atoms with van der Waals surface area (Å²) in [6, 6.07) is 10.3. The summed E-state index contributed by atoms with van der Waals surface area (Å²) in [4.78, 5) is 4.61. The lowest BCUT2D eigenvalue weighted by Crippen LogP contribution is -2.21. The van der Waals surface area contributed by atoms with E-state index in [-0.39, 0.29) is 6.04 Å². The fraction of sp³-hybridized carbons (Fsp3) is 0.214. The molecule has 2 N–H and O–H groups in total. The number of hydrogen-bond acceptors (Lipinski definition) is 3. The second-order valence-electron chi connectivity index (χ2n) is 3.98. The van der Waals surface area contributed by atoms with Crippen molar-refractivity contribution in [3.8, 4) is 11.3 Å². The van der Waals surface area contributed by atoms with Crippen molar-refractivity contribution in [3.05, 3.63) is 53.4 Å². The first-order valence-corrected chi connectivity index (χ1v) is 6.54. The van der Waals surface area contributed by atoms with E-state index in [0.717, 1.165) is 29.1 Å². The zero-order chi connectivity index (χ0) is 12.1. The predicted molar refractivity (Wildman–Crippen MR) is 74.0 cm³/mol. The molecule has 0 aliphatic carbocycles. The highest BCUT2D eigenvalue weighted by atomic mass is 32.1. The molecule has 2 nitrogen and oxygen atoms in total. The summed E-state index contributed by atoms with van der Waals surface area (Å²) in [5, 5.41) is 3.18. The van der Waals surface area contributed by atoms with Crippen molar-refractivity contribution >= 4 is 11.3 Å². The van der Waals surface area contributed by atoms with Crippen LogP contribution < -0.4 is 5.73 Å². The van der Waals surface area contributed by atoms with Gasteiger partial charge in [0.1, 0.15) is 0 Å². The third-order valence-corrected chi connectivity index (χ3v) is 3.40. The highest BCUT2D eigenvalue weighted by molar-refractivity contribution is 7.09. The van der Waals surface area contributed by atoms with Gasteiger partial charge in [0.05, 0.1) is 10.7 Å². The summed E-state index contributed by atoms with van der Waals surface area (Å²) in [7, 11) is 0. The second kappa shape index (κ2) is 5.75. The predicted octanol–water partition coefficient (Wildman–Crippen LogP) is 3.26. The zero-order valence-electron chi connectivity index (χ0n) is 9.67. The van der Waals surface area contributed by atoms with Crippen molar-refractivity contribution in [2.45, 2.75) is 18.9 Å². The van der Waals surface area contributed by atoms with Crippen LogP contribution in [-0.4, -0.2) is 11.0 Å². The van der Waals surface area contributed by atoms with Crippen LogP contribution in [0, 0.1) is 0 Å². The summed E-state index contributed by atoms with van der Waals surface area (Å²) in [5.41, 5.74) is 8.16. The van der Waals surface area contributed by atoms with E-state index in [9.17, 15) is 0 Å². The van der Waals surface area contributed by atoms with Crippen LogP contribution in [0.5, 0.6) is 0 Å². The van der Waals surface area contributed by atoms with Crippen molar-refractivity contribution in [3.63, 3.8) is 0 Å². The molecule has 0 aliphatic heterocycles. The molecule has 0 aliphatic rings. The maximum atomic E-state index is 5.96. The van der Waals surface area contributed by atoms with Gasteiger partial charge in [-0.05, 0) is 6.42 Å². The summed E-state index contributed by atoms with van der Waals surface area (Å²) >= 11 is 1.67. The molecule has 88 valence electrons. The van der Waals surface area contributed by atoms with Gasteiger partial charge in [-0.3, -0.25) is 0 Å². The maximum Gasteiger partial charge on any atom is 0.0948 e. The molecule has 17 heavy (non-hydrogen) atoms. The molecule has 1 unspecified atom stereocenters. The van der Waals surface area contributed by atoms with E-state index >= 15 is 0 Å². The van der Waals surface area contributed by atoms with Gasteiger partial charge in [-0.2, -0.15) is 0 Å². The molecule has 1 atom stereocenters. The molecule has 1 heterocycles. The molecule has 1 aromatic heterocycles.